The van der Waals surface area contributed by atoms with Crippen molar-refractivity contribution in [2.75, 3.05) is 0 Å². The van der Waals surface area contributed by atoms with E-state index in [1.807, 2.05) is 0 Å². The van der Waals surface area contributed by atoms with Gasteiger partial charge in [0.25, 0.3) is 0 Å². The molecule has 14 heavy (non-hydrogen) atoms. The van der Waals surface area contributed by atoms with Crippen LogP contribution in [0.4, 0.5) is 0 Å². The first-order valence-electron chi connectivity index (χ1n) is 5.21. The predicted molar refractivity (Wildman–Crippen MR) is 56.2 cm³/mol. The van der Waals surface area contributed by atoms with Crippen molar-refractivity contribution in [1.29, 1.82) is 0 Å². The fourth-order valence-corrected chi connectivity index (χ4v) is 2.48. The van der Waals surface area contributed by atoms with Crippen molar-refractivity contribution in [3.05, 3.63) is 48.0 Å². The number of hydrogen-bond acceptors (Lipinski definition) is 1. The van der Waals surface area contributed by atoms with Crippen LogP contribution < -0.4 is 0 Å². The summed E-state index contributed by atoms with van der Waals surface area (Å²) in [4.78, 5) is 0. The molecule has 1 saturated carbocycles. The topological polar surface area (TPSA) is 12.5 Å². The fraction of sp³-hybridized carbons (Fsp3) is 0.385. The van der Waals surface area contributed by atoms with Gasteiger partial charge in [-0.1, -0.05) is 42.5 Å². The van der Waals surface area contributed by atoms with Crippen LogP contribution in [0.15, 0.2) is 42.5 Å². The molecule has 0 unspecified atom stereocenters. The summed E-state index contributed by atoms with van der Waals surface area (Å²) in [6, 6.07) is 10.7. The second kappa shape index (κ2) is 2.96. The molecule has 0 N–H and O–H groups in total. The number of epoxide rings is 1. The highest BCUT2D eigenvalue weighted by Crippen LogP contribution is 2.47. The Bertz CT molecular complexity index is 355. The normalized spacial score (nSPS) is 35.1. The molecule has 3 atom stereocenters. The van der Waals surface area contributed by atoms with Gasteiger partial charge in [0.05, 0.1) is 12.2 Å². The van der Waals surface area contributed by atoms with E-state index in [1.54, 1.807) is 0 Å². The predicted octanol–water partition coefficient (Wildman–Crippen LogP) is 2.89. The van der Waals surface area contributed by atoms with Crippen molar-refractivity contribution in [3.63, 3.8) is 0 Å². The highest BCUT2D eigenvalue weighted by atomic mass is 16.6. The van der Waals surface area contributed by atoms with Crippen LogP contribution in [0.25, 0.3) is 0 Å². The van der Waals surface area contributed by atoms with E-state index in [4.69, 9.17) is 4.74 Å². The lowest BCUT2D eigenvalue weighted by Crippen LogP contribution is -2.15. The van der Waals surface area contributed by atoms with Gasteiger partial charge in [0.1, 0.15) is 0 Å². The summed E-state index contributed by atoms with van der Waals surface area (Å²) < 4.78 is 5.65. The lowest BCUT2D eigenvalue weighted by Gasteiger charge is -2.20. The summed E-state index contributed by atoms with van der Waals surface area (Å²) in [5, 5.41) is 0. The van der Waals surface area contributed by atoms with Gasteiger partial charge < -0.3 is 4.74 Å². The summed E-state index contributed by atoms with van der Waals surface area (Å²) in [5.41, 5.74) is 2.75. The van der Waals surface area contributed by atoms with Gasteiger partial charge in [-0.05, 0) is 18.4 Å². The standard InChI is InChI=1S/C13H14O/c1-9-7-11(13-12(8-9)14-13)10-5-3-2-4-6-10/h2-6,11-13H,1,7-8H2/t11-,12+,13+/m0/s1. The quantitative estimate of drug-likeness (QED) is 0.485. The number of fused-ring (bicyclic) bond motifs is 1. The van der Waals surface area contributed by atoms with E-state index in [0.717, 1.165) is 12.8 Å². The van der Waals surface area contributed by atoms with Crippen molar-refractivity contribution in [3.8, 4) is 0 Å². The second-order valence-corrected chi connectivity index (χ2v) is 4.31. The lowest BCUT2D eigenvalue weighted by molar-refractivity contribution is 0.359. The van der Waals surface area contributed by atoms with Crippen LogP contribution in [0, 0.1) is 0 Å². The van der Waals surface area contributed by atoms with Crippen molar-refractivity contribution >= 4 is 0 Å². The van der Waals surface area contributed by atoms with Crippen LogP contribution in [-0.2, 0) is 4.74 Å². The first-order chi connectivity index (χ1) is 6.84. The maximum absolute atomic E-state index is 5.65. The van der Waals surface area contributed by atoms with Crippen molar-refractivity contribution < 1.29 is 4.74 Å². The molecule has 1 aliphatic carbocycles. The van der Waals surface area contributed by atoms with Gasteiger partial charge in [-0.25, -0.2) is 0 Å². The molecule has 1 heteroatoms. The van der Waals surface area contributed by atoms with Gasteiger partial charge in [-0.3, -0.25) is 0 Å². The van der Waals surface area contributed by atoms with E-state index in [1.165, 1.54) is 11.1 Å². The van der Waals surface area contributed by atoms with Crippen molar-refractivity contribution in [1.82, 2.24) is 0 Å². The fourth-order valence-electron chi connectivity index (χ4n) is 2.48. The molecular formula is C13H14O. The summed E-state index contributed by atoms with van der Waals surface area (Å²) in [6.45, 7) is 4.09. The SMILES string of the molecule is C=C1C[C@H]2O[C@@H]2[C@H](c2ccccc2)C1. The molecule has 0 bridgehead atoms. The first-order valence-corrected chi connectivity index (χ1v) is 5.21. The molecule has 0 aromatic heterocycles. The zero-order valence-electron chi connectivity index (χ0n) is 8.15. The molecule has 1 saturated heterocycles. The van der Waals surface area contributed by atoms with Crippen molar-refractivity contribution in [2.24, 2.45) is 0 Å². The smallest absolute Gasteiger partial charge is 0.0916 e. The maximum Gasteiger partial charge on any atom is 0.0916 e. The summed E-state index contributed by atoms with van der Waals surface area (Å²) in [6.07, 6.45) is 3.13. The van der Waals surface area contributed by atoms with Crippen LogP contribution >= 0.6 is 0 Å². The number of rotatable bonds is 1. The third-order valence-electron chi connectivity index (χ3n) is 3.24. The Morgan fingerprint density at radius 3 is 2.71 bits per heavy atom. The highest BCUT2D eigenvalue weighted by Gasteiger charge is 2.48. The monoisotopic (exact) mass is 186 g/mol. The van der Waals surface area contributed by atoms with Gasteiger partial charge in [0, 0.05) is 5.92 Å². The minimum absolute atomic E-state index is 0.474. The van der Waals surface area contributed by atoms with E-state index >= 15 is 0 Å². The number of hydrogen-bond donors (Lipinski definition) is 0. The Morgan fingerprint density at radius 2 is 1.93 bits per heavy atom. The van der Waals surface area contributed by atoms with Crippen LogP contribution in [0.3, 0.4) is 0 Å². The van der Waals surface area contributed by atoms with E-state index in [2.05, 4.69) is 36.9 Å². The third-order valence-corrected chi connectivity index (χ3v) is 3.24. The molecular weight excluding hydrogens is 172 g/mol. The Hall–Kier alpha value is -1.08. The summed E-state index contributed by atoms with van der Waals surface area (Å²) >= 11 is 0. The molecule has 0 amide bonds. The first kappa shape index (κ1) is 8.25. The second-order valence-electron chi connectivity index (χ2n) is 4.31. The Kier molecular flexibility index (Phi) is 1.74. The Morgan fingerprint density at radius 1 is 1.14 bits per heavy atom. The zero-order valence-corrected chi connectivity index (χ0v) is 8.15. The van der Waals surface area contributed by atoms with E-state index in [-0.39, 0.29) is 0 Å². The summed E-state index contributed by atoms with van der Waals surface area (Å²) in [5.74, 6) is 0.558. The number of ether oxygens (including phenoxy) is 1. The van der Waals surface area contributed by atoms with Gasteiger partial charge in [0.2, 0.25) is 0 Å². The summed E-state index contributed by atoms with van der Waals surface area (Å²) in [7, 11) is 0. The van der Waals surface area contributed by atoms with E-state index < -0.39 is 0 Å². The molecule has 1 aromatic rings. The highest BCUT2D eigenvalue weighted by molar-refractivity contribution is 5.28. The van der Waals surface area contributed by atoms with Crippen LogP contribution in [-0.4, -0.2) is 12.2 Å². The van der Waals surface area contributed by atoms with Gasteiger partial charge in [0.15, 0.2) is 0 Å². The number of benzene rings is 1. The van der Waals surface area contributed by atoms with Crippen LogP contribution in [0.1, 0.15) is 24.3 Å². The molecule has 2 fully saturated rings. The lowest BCUT2D eigenvalue weighted by atomic mass is 9.82. The van der Waals surface area contributed by atoms with Crippen molar-refractivity contribution in [2.45, 2.75) is 31.0 Å². The average Bonchev–Trinajstić information content (AvgIpc) is 2.96. The molecule has 72 valence electrons. The van der Waals surface area contributed by atoms with Crippen LogP contribution in [0.5, 0.6) is 0 Å². The molecule has 0 spiro atoms. The average molecular weight is 186 g/mol. The minimum Gasteiger partial charge on any atom is -0.369 e. The Labute approximate surface area is 84.4 Å². The van der Waals surface area contributed by atoms with E-state index in [9.17, 15) is 0 Å². The molecule has 3 rings (SSSR count). The Balaban J connectivity index is 1.88. The maximum atomic E-state index is 5.65. The molecule has 1 heterocycles. The largest absolute Gasteiger partial charge is 0.369 e. The molecule has 1 aliphatic heterocycles. The minimum atomic E-state index is 0.474. The van der Waals surface area contributed by atoms with Gasteiger partial charge in [-0.15, -0.1) is 0 Å². The third kappa shape index (κ3) is 1.28. The molecule has 0 radical (unpaired) electrons. The van der Waals surface area contributed by atoms with E-state index in [0.29, 0.717) is 18.1 Å². The molecule has 1 aromatic carbocycles. The van der Waals surface area contributed by atoms with Gasteiger partial charge >= 0.3 is 0 Å². The molecule has 2 aliphatic rings. The zero-order chi connectivity index (χ0) is 9.54. The molecule has 1 nitrogen and oxygen atoms in total. The van der Waals surface area contributed by atoms with Gasteiger partial charge in [-0.2, -0.15) is 0 Å². The van der Waals surface area contributed by atoms with Crippen LogP contribution in [0.2, 0.25) is 0 Å².